The Kier molecular flexibility index (Phi) is 5.13. The van der Waals surface area contributed by atoms with Gasteiger partial charge in [0.25, 0.3) is 5.82 Å². The van der Waals surface area contributed by atoms with E-state index in [1.807, 2.05) is 12.4 Å². The number of nitrogens with zero attached hydrogens (tertiary/aromatic N) is 3. The lowest BCUT2D eigenvalue weighted by molar-refractivity contribution is -0.633. The van der Waals surface area contributed by atoms with Crippen LogP contribution in [0.15, 0.2) is 73.1 Å². The van der Waals surface area contributed by atoms with E-state index in [4.69, 9.17) is 0 Å². The van der Waals surface area contributed by atoms with Crippen molar-refractivity contribution in [1.29, 1.82) is 0 Å². The Morgan fingerprint density at radius 2 is 1.36 bits per heavy atom. The number of imidazole rings is 1. The summed E-state index contributed by atoms with van der Waals surface area (Å²) >= 11 is 0. The molecule has 3 aromatic carbocycles. The van der Waals surface area contributed by atoms with E-state index in [0.29, 0.717) is 0 Å². The topological polar surface area (TPSA) is 21.7 Å². The molecular formula is C30H30N3+. The van der Waals surface area contributed by atoms with Gasteiger partial charge in [-0.25, -0.2) is 4.57 Å². The van der Waals surface area contributed by atoms with E-state index in [1.54, 1.807) is 0 Å². The highest BCUT2D eigenvalue weighted by molar-refractivity contribution is 5.82. The summed E-state index contributed by atoms with van der Waals surface area (Å²) in [6.45, 7) is 11.0. The summed E-state index contributed by atoms with van der Waals surface area (Å²) in [5.41, 5.74) is 13.7. The highest BCUT2D eigenvalue weighted by Gasteiger charge is 2.29. The van der Waals surface area contributed by atoms with Gasteiger partial charge in [0.05, 0.1) is 12.6 Å². The highest BCUT2D eigenvalue weighted by atomic mass is 15.2. The van der Waals surface area contributed by atoms with Crippen molar-refractivity contribution < 1.29 is 4.57 Å². The van der Waals surface area contributed by atoms with Gasteiger partial charge in [0.15, 0.2) is 11.0 Å². The maximum atomic E-state index is 4.48. The zero-order valence-electron chi connectivity index (χ0n) is 20.3. The van der Waals surface area contributed by atoms with Crippen molar-refractivity contribution in [2.75, 3.05) is 0 Å². The van der Waals surface area contributed by atoms with Crippen LogP contribution < -0.4 is 4.57 Å². The summed E-state index contributed by atoms with van der Waals surface area (Å²) in [6, 6.07) is 22.0. The van der Waals surface area contributed by atoms with Crippen LogP contribution in [-0.2, 0) is 7.05 Å². The summed E-state index contributed by atoms with van der Waals surface area (Å²) in [6.07, 6.45) is 3.86. The molecule has 5 aromatic rings. The number of pyridine rings is 1. The predicted octanol–water partition coefficient (Wildman–Crippen LogP) is 6.73. The summed E-state index contributed by atoms with van der Waals surface area (Å²) in [7, 11) is 2.17. The first-order chi connectivity index (χ1) is 15.9. The molecule has 5 rings (SSSR count). The maximum absolute atomic E-state index is 4.48. The standard InChI is InChI=1S/C30H30N3/c1-19-12-13-31-18-26(19)30-32(6)27-16-20(2)21(3)17-28(27)33(30)29-22(4)14-25(15-23(29)5)24-10-8-7-9-11-24/h7-18H,1-6H3/q+1. The van der Waals surface area contributed by atoms with Crippen LogP contribution in [0.25, 0.3) is 39.2 Å². The van der Waals surface area contributed by atoms with Crippen LogP contribution in [0.1, 0.15) is 27.8 Å². The van der Waals surface area contributed by atoms with E-state index in [2.05, 4.69) is 116 Å². The number of aromatic nitrogens is 3. The van der Waals surface area contributed by atoms with Gasteiger partial charge in [0.2, 0.25) is 0 Å². The minimum atomic E-state index is 1.15. The van der Waals surface area contributed by atoms with E-state index in [1.165, 1.54) is 55.7 Å². The predicted molar refractivity (Wildman–Crippen MR) is 137 cm³/mol. The number of rotatable bonds is 3. The largest absolute Gasteiger partial charge is 0.296 e. The summed E-state index contributed by atoms with van der Waals surface area (Å²) in [4.78, 5) is 4.48. The minimum Gasteiger partial charge on any atom is -0.264 e. The third kappa shape index (κ3) is 3.45. The molecule has 0 atom stereocenters. The first-order valence-corrected chi connectivity index (χ1v) is 11.5. The van der Waals surface area contributed by atoms with Crippen molar-refractivity contribution in [1.82, 2.24) is 9.55 Å². The molecule has 0 aliphatic rings. The van der Waals surface area contributed by atoms with Crippen LogP contribution in [0.4, 0.5) is 0 Å². The molecule has 2 heterocycles. The smallest absolute Gasteiger partial charge is 0.264 e. The zero-order chi connectivity index (χ0) is 23.3. The highest BCUT2D eigenvalue weighted by Crippen LogP contribution is 2.34. The van der Waals surface area contributed by atoms with Gasteiger partial charge in [-0.05, 0) is 104 Å². The first kappa shape index (κ1) is 21.1. The van der Waals surface area contributed by atoms with Crippen molar-refractivity contribution in [2.45, 2.75) is 34.6 Å². The Balaban J connectivity index is 1.88. The number of benzene rings is 3. The van der Waals surface area contributed by atoms with Gasteiger partial charge in [-0.1, -0.05) is 30.3 Å². The first-order valence-electron chi connectivity index (χ1n) is 11.5. The Labute approximate surface area is 196 Å². The molecule has 2 aromatic heterocycles. The van der Waals surface area contributed by atoms with Crippen molar-refractivity contribution in [3.63, 3.8) is 0 Å². The molecule has 3 nitrogen and oxygen atoms in total. The quantitative estimate of drug-likeness (QED) is 0.290. The molecule has 0 radical (unpaired) electrons. The van der Waals surface area contributed by atoms with E-state index in [9.17, 15) is 0 Å². The number of aryl methyl sites for hydroxylation is 6. The monoisotopic (exact) mass is 432 g/mol. The number of hydrogen-bond acceptors (Lipinski definition) is 1. The lowest BCUT2D eigenvalue weighted by Gasteiger charge is -2.13. The van der Waals surface area contributed by atoms with Crippen molar-refractivity contribution in [2.24, 2.45) is 7.05 Å². The molecule has 0 aliphatic carbocycles. The molecule has 0 aliphatic heterocycles. The Morgan fingerprint density at radius 3 is 2.03 bits per heavy atom. The third-order valence-corrected chi connectivity index (χ3v) is 6.82. The van der Waals surface area contributed by atoms with E-state index in [-0.39, 0.29) is 0 Å². The van der Waals surface area contributed by atoms with Gasteiger partial charge < -0.3 is 0 Å². The number of fused-ring (bicyclic) bond motifs is 1. The molecule has 0 saturated heterocycles. The summed E-state index contributed by atoms with van der Waals surface area (Å²) in [5, 5.41) is 0. The fourth-order valence-electron chi connectivity index (χ4n) is 4.94. The Hall–Kier alpha value is -3.72. The molecule has 3 heteroatoms. The normalized spacial score (nSPS) is 11.3. The summed E-state index contributed by atoms with van der Waals surface area (Å²) < 4.78 is 4.75. The van der Waals surface area contributed by atoms with Crippen molar-refractivity contribution in [3.8, 4) is 28.2 Å². The fraction of sp³-hybridized carbons (Fsp3) is 0.200. The molecule has 0 bridgehead atoms. The van der Waals surface area contributed by atoms with Crippen molar-refractivity contribution >= 4 is 11.0 Å². The van der Waals surface area contributed by atoms with E-state index in [0.717, 1.165) is 11.4 Å². The van der Waals surface area contributed by atoms with Gasteiger partial charge in [0.1, 0.15) is 5.69 Å². The Bertz CT molecular complexity index is 1480. The van der Waals surface area contributed by atoms with Gasteiger partial charge in [-0.2, -0.15) is 4.57 Å². The van der Waals surface area contributed by atoms with Crippen LogP contribution >= 0.6 is 0 Å². The molecule has 0 N–H and O–H groups in total. The molecular weight excluding hydrogens is 402 g/mol. The van der Waals surface area contributed by atoms with Gasteiger partial charge in [-0.3, -0.25) is 4.98 Å². The average Bonchev–Trinajstić information content (AvgIpc) is 3.06. The molecule has 0 amide bonds. The lowest BCUT2D eigenvalue weighted by Crippen LogP contribution is -2.30. The van der Waals surface area contributed by atoms with Crippen LogP contribution in [0.3, 0.4) is 0 Å². The van der Waals surface area contributed by atoms with Crippen LogP contribution in [0.2, 0.25) is 0 Å². The molecule has 33 heavy (non-hydrogen) atoms. The van der Waals surface area contributed by atoms with Crippen LogP contribution in [0.5, 0.6) is 0 Å². The fourth-order valence-corrected chi connectivity index (χ4v) is 4.94. The van der Waals surface area contributed by atoms with Gasteiger partial charge in [0, 0.05) is 12.4 Å². The zero-order valence-corrected chi connectivity index (χ0v) is 20.3. The summed E-state index contributed by atoms with van der Waals surface area (Å²) in [5.74, 6) is 1.15. The molecule has 164 valence electrons. The van der Waals surface area contributed by atoms with E-state index < -0.39 is 0 Å². The SMILES string of the molecule is Cc1cc2c(cc1C)[n+](C)c(-c1cnccc1C)n2-c1c(C)cc(-c2ccccc2)cc1C. The molecule has 0 fully saturated rings. The second-order valence-corrected chi connectivity index (χ2v) is 9.16. The van der Waals surface area contributed by atoms with Crippen molar-refractivity contribution in [3.05, 3.63) is 101 Å². The maximum Gasteiger partial charge on any atom is 0.296 e. The molecule has 0 unspecified atom stereocenters. The second-order valence-electron chi connectivity index (χ2n) is 9.16. The van der Waals surface area contributed by atoms with Gasteiger partial charge >= 0.3 is 0 Å². The van der Waals surface area contributed by atoms with E-state index >= 15 is 0 Å². The number of hydrogen-bond donors (Lipinski definition) is 0. The van der Waals surface area contributed by atoms with Crippen LogP contribution in [0, 0.1) is 34.6 Å². The van der Waals surface area contributed by atoms with Crippen LogP contribution in [-0.4, -0.2) is 9.55 Å². The lowest BCUT2D eigenvalue weighted by atomic mass is 9.98. The third-order valence-electron chi connectivity index (χ3n) is 6.82. The Morgan fingerprint density at radius 1 is 0.697 bits per heavy atom. The minimum absolute atomic E-state index is 1.15. The van der Waals surface area contributed by atoms with Gasteiger partial charge in [-0.15, -0.1) is 0 Å². The molecule has 0 saturated carbocycles. The average molecular weight is 433 g/mol. The molecule has 0 spiro atoms. The second kappa shape index (κ2) is 8.00.